The Morgan fingerprint density at radius 2 is 2.00 bits per heavy atom. The summed E-state index contributed by atoms with van der Waals surface area (Å²) in [5.74, 6) is 0.545. The van der Waals surface area contributed by atoms with E-state index in [4.69, 9.17) is 0 Å². The Kier molecular flexibility index (Phi) is 5.26. The van der Waals surface area contributed by atoms with Crippen LogP contribution in [-0.4, -0.2) is 11.0 Å². The fraction of sp³-hybridized carbons (Fsp3) is 0.750. The van der Waals surface area contributed by atoms with Gasteiger partial charge in [0.25, 0.3) is 0 Å². The number of nitrogens with zero attached hydrogens (tertiary/aromatic N) is 1. The van der Waals surface area contributed by atoms with Crippen LogP contribution in [0.25, 0.3) is 0 Å². The molecule has 0 aliphatic heterocycles. The van der Waals surface area contributed by atoms with Gasteiger partial charge < -0.3 is 5.32 Å². The van der Waals surface area contributed by atoms with E-state index in [0.29, 0.717) is 12.0 Å². The van der Waals surface area contributed by atoms with Crippen LogP contribution in [0, 0.1) is 0 Å². The number of aromatic nitrogens is 1. The maximum absolute atomic E-state index is 4.61. The Labute approximate surface area is 97.1 Å². The summed E-state index contributed by atoms with van der Waals surface area (Å²) < 4.78 is 0. The highest BCUT2D eigenvalue weighted by Crippen LogP contribution is 2.17. The van der Waals surface area contributed by atoms with Gasteiger partial charge >= 0.3 is 0 Å². The minimum absolute atomic E-state index is 0.545. The molecule has 1 heterocycles. The summed E-state index contributed by atoms with van der Waals surface area (Å²) in [7, 11) is 0. The summed E-state index contributed by atoms with van der Waals surface area (Å²) in [5, 5.41) is 6.92. The Balaban J connectivity index is 2.43. The second kappa shape index (κ2) is 6.23. The normalized spacial score (nSPS) is 11.6. The Morgan fingerprint density at radius 3 is 2.47 bits per heavy atom. The van der Waals surface area contributed by atoms with Crippen molar-refractivity contribution >= 4 is 11.3 Å². The summed E-state index contributed by atoms with van der Waals surface area (Å²) in [6, 6.07) is 0.636. The van der Waals surface area contributed by atoms with Crippen LogP contribution in [0.1, 0.15) is 57.2 Å². The average molecular weight is 226 g/mol. The van der Waals surface area contributed by atoms with E-state index in [2.05, 4.69) is 43.4 Å². The fourth-order valence-electron chi connectivity index (χ4n) is 1.48. The van der Waals surface area contributed by atoms with Crippen molar-refractivity contribution in [1.82, 2.24) is 10.3 Å². The standard InChI is InChI=1S/C12H22N2S/c1-5-10(6-2)13-7-12-14-11(8-15-12)9(3)4/h8-10,13H,5-7H2,1-4H3. The lowest BCUT2D eigenvalue weighted by molar-refractivity contribution is 0.483. The molecule has 3 heteroatoms. The predicted molar refractivity (Wildman–Crippen MR) is 67.4 cm³/mol. The molecule has 1 aromatic heterocycles. The summed E-state index contributed by atoms with van der Waals surface area (Å²) >= 11 is 1.77. The lowest BCUT2D eigenvalue weighted by Gasteiger charge is -2.12. The smallest absolute Gasteiger partial charge is 0.107 e. The second-order valence-electron chi connectivity index (χ2n) is 4.22. The van der Waals surface area contributed by atoms with Gasteiger partial charge in [0.1, 0.15) is 5.01 Å². The van der Waals surface area contributed by atoms with Crippen molar-refractivity contribution in [2.24, 2.45) is 0 Å². The third-order valence-electron chi connectivity index (χ3n) is 2.69. The van der Waals surface area contributed by atoms with E-state index in [1.807, 2.05) is 0 Å². The van der Waals surface area contributed by atoms with Gasteiger partial charge in [0.05, 0.1) is 5.69 Å². The van der Waals surface area contributed by atoms with Crippen LogP contribution in [0.4, 0.5) is 0 Å². The summed E-state index contributed by atoms with van der Waals surface area (Å²) in [5.41, 5.74) is 1.22. The zero-order chi connectivity index (χ0) is 11.3. The molecule has 0 atom stereocenters. The molecule has 15 heavy (non-hydrogen) atoms. The van der Waals surface area contributed by atoms with Crippen LogP contribution < -0.4 is 5.32 Å². The van der Waals surface area contributed by atoms with Crippen molar-refractivity contribution < 1.29 is 0 Å². The summed E-state index contributed by atoms with van der Waals surface area (Å²) in [6.45, 7) is 9.75. The molecule has 0 unspecified atom stereocenters. The first-order chi connectivity index (χ1) is 7.17. The van der Waals surface area contributed by atoms with Crippen molar-refractivity contribution in [3.05, 3.63) is 16.1 Å². The molecule has 86 valence electrons. The number of nitrogens with one attached hydrogen (secondary N) is 1. The number of hydrogen-bond donors (Lipinski definition) is 1. The molecule has 1 N–H and O–H groups in total. The summed E-state index contributed by atoms with van der Waals surface area (Å²) in [4.78, 5) is 4.61. The third kappa shape index (κ3) is 3.92. The van der Waals surface area contributed by atoms with Crippen LogP contribution in [0.15, 0.2) is 5.38 Å². The van der Waals surface area contributed by atoms with Crippen LogP contribution in [-0.2, 0) is 6.54 Å². The predicted octanol–water partition coefficient (Wildman–Crippen LogP) is 3.54. The molecule has 0 spiro atoms. The van der Waals surface area contributed by atoms with Crippen molar-refractivity contribution in [1.29, 1.82) is 0 Å². The highest BCUT2D eigenvalue weighted by molar-refractivity contribution is 7.09. The maximum Gasteiger partial charge on any atom is 0.107 e. The monoisotopic (exact) mass is 226 g/mol. The Bertz CT molecular complexity index is 277. The lowest BCUT2D eigenvalue weighted by atomic mass is 10.2. The molecular formula is C12H22N2S. The highest BCUT2D eigenvalue weighted by Gasteiger charge is 2.07. The first-order valence-corrected chi connectivity index (χ1v) is 6.73. The van der Waals surface area contributed by atoms with E-state index >= 15 is 0 Å². The van der Waals surface area contributed by atoms with Crippen molar-refractivity contribution in [3.8, 4) is 0 Å². The zero-order valence-electron chi connectivity index (χ0n) is 10.2. The molecular weight excluding hydrogens is 204 g/mol. The SMILES string of the molecule is CCC(CC)NCc1nc(C(C)C)cs1. The Hall–Kier alpha value is -0.410. The average Bonchev–Trinajstić information content (AvgIpc) is 2.68. The van der Waals surface area contributed by atoms with E-state index in [-0.39, 0.29) is 0 Å². The van der Waals surface area contributed by atoms with Crippen LogP contribution in [0.5, 0.6) is 0 Å². The van der Waals surface area contributed by atoms with E-state index < -0.39 is 0 Å². The molecule has 1 aromatic rings. The number of rotatable bonds is 6. The van der Waals surface area contributed by atoms with Gasteiger partial charge in [0.2, 0.25) is 0 Å². The minimum atomic E-state index is 0.545. The number of hydrogen-bond acceptors (Lipinski definition) is 3. The van der Waals surface area contributed by atoms with Gasteiger partial charge in [-0.1, -0.05) is 27.7 Å². The van der Waals surface area contributed by atoms with Crippen LogP contribution in [0.3, 0.4) is 0 Å². The molecule has 2 nitrogen and oxygen atoms in total. The van der Waals surface area contributed by atoms with Crippen molar-refractivity contribution in [3.63, 3.8) is 0 Å². The first-order valence-electron chi connectivity index (χ1n) is 5.85. The van der Waals surface area contributed by atoms with E-state index in [1.165, 1.54) is 23.5 Å². The molecule has 1 rings (SSSR count). The molecule has 0 aromatic carbocycles. The van der Waals surface area contributed by atoms with Crippen LogP contribution in [0.2, 0.25) is 0 Å². The molecule has 0 saturated heterocycles. The van der Waals surface area contributed by atoms with Gasteiger partial charge in [0, 0.05) is 18.0 Å². The van der Waals surface area contributed by atoms with Gasteiger partial charge in [-0.25, -0.2) is 4.98 Å². The van der Waals surface area contributed by atoms with Crippen molar-refractivity contribution in [2.45, 2.75) is 59.0 Å². The topological polar surface area (TPSA) is 24.9 Å². The first kappa shape index (κ1) is 12.7. The molecule has 0 fully saturated rings. The largest absolute Gasteiger partial charge is 0.308 e. The van der Waals surface area contributed by atoms with Gasteiger partial charge in [-0.15, -0.1) is 11.3 Å². The van der Waals surface area contributed by atoms with Gasteiger partial charge in [-0.3, -0.25) is 0 Å². The fourth-order valence-corrected chi connectivity index (χ4v) is 2.39. The Morgan fingerprint density at radius 1 is 1.33 bits per heavy atom. The van der Waals surface area contributed by atoms with Gasteiger partial charge in [-0.05, 0) is 18.8 Å². The van der Waals surface area contributed by atoms with Crippen molar-refractivity contribution in [2.75, 3.05) is 0 Å². The molecule has 0 bridgehead atoms. The second-order valence-corrected chi connectivity index (χ2v) is 5.16. The van der Waals surface area contributed by atoms with E-state index in [1.54, 1.807) is 11.3 Å². The van der Waals surface area contributed by atoms with Gasteiger partial charge in [0.15, 0.2) is 0 Å². The lowest BCUT2D eigenvalue weighted by Crippen LogP contribution is -2.26. The molecule has 0 aliphatic rings. The summed E-state index contributed by atoms with van der Waals surface area (Å²) in [6.07, 6.45) is 2.39. The molecule has 0 saturated carbocycles. The molecule has 0 aliphatic carbocycles. The zero-order valence-corrected chi connectivity index (χ0v) is 11.0. The molecule has 0 amide bonds. The third-order valence-corrected chi connectivity index (χ3v) is 3.56. The maximum atomic E-state index is 4.61. The highest BCUT2D eigenvalue weighted by atomic mass is 32.1. The molecule has 0 radical (unpaired) electrons. The van der Waals surface area contributed by atoms with Gasteiger partial charge in [-0.2, -0.15) is 0 Å². The number of thiazole rings is 1. The minimum Gasteiger partial charge on any atom is -0.308 e. The quantitative estimate of drug-likeness (QED) is 0.802. The van der Waals surface area contributed by atoms with Crippen LogP contribution >= 0.6 is 11.3 Å². The van der Waals surface area contributed by atoms with E-state index in [9.17, 15) is 0 Å². The van der Waals surface area contributed by atoms with E-state index in [0.717, 1.165) is 6.54 Å².